The molecule has 3 aromatic rings. The van der Waals surface area contributed by atoms with Crippen LogP contribution in [0.1, 0.15) is 0 Å². The number of aromatic nitrogens is 5. The van der Waals surface area contributed by atoms with Crippen LogP contribution >= 0.6 is 12.2 Å². The Balaban J connectivity index is 1.86. The number of rotatable bonds is 2. The predicted octanol–water partition coefficient (Wildman–Crippen LogP) is 1.45. The summed E-state index contributed by atoms with van der Waals surface area (Å²) in [4.78, 5) is 11.2. The normalized spacial score (nSPS) is 13.0. The van der Waals surface area contributed by atoms with E-state index in [0.717, 1.165) is 5.69 Å². The van der Waals surface area contributed by atoms with Gasteiger partial charge in [0.05, 0.1) is 5.69 Å². The fourth-order valence-corrected chi connectivity index (χ4v) is 2.59. The third-order valence-electron chi connectivity index (χ3n) is 3.36. The summed E-state index contributed by atoms with van der Waals surface area (Å²) in [6, 6.07) is 8.47. The van der Waals surface area contributed by atoms with Crippen molar-refractivity contribution in [3.63, 3.8) is 0 Å². The summed E-state index contributed by atoms with van der Waals surface area (Å²) in [6.45, 7) is 1.03. The number of hydrogen-bond donors (Lipinski definition) is 2. The van der Waals surface area contributed by atoms with E-state index in [-0.39, 0.29) is 5.56 Å². The summed E-state index contributed by atoms with van der Waals surface area (Å²) in [5.41, 5.74) is 0.969. The molecule has 9 heteroatoms. The second-order valence-corrected chi connectivity index (χ2v) is 5.21. The molecule has 2 N–H and O–H groups in total. The summed E-state index contributed by atoms with van der Waals surface area (Å²) in [7, 11) is 0. The molecule has 8 nitrogen and oxygen atoms in total. The fourth-order valence-electron chi connectivity index (χ4n) is 2.35. The van der Waals surface area contributed by atoms with E-state index in [9.17, 15) is 4.79 Å². The van der Waals surface area contributed by atoms with Crippen molar-refractivity contribution in [3.05, 3.63) is 45.5 Å². The number of ether oxygens (including phenoxy) is 2. The van der Waals surface area contributed by atoms with Crippen LogP contribution in [0.15, 0.2) is 35.1 Å². The third-order valence-corrected chi connectivity index (χ3v) is 3.64. The molecule has 0 aliphatic carbocycles. The van der Waals surface area contributed by atoms with Crippen LogP contribution < -0.4 is 15.0 Å². The highest BCUT2D eigenvalue weighted by Crippen LogP contribution is 2.33. The van der Waals surface area contributed by atoms with Crippen molar-refractivity contribution in [1.82, 2.24) is 25.0 Å². The summed E-state index contributed by atoms with van der Waals surface area (Å²) in [6.07, 6.45) is 0. The van der Waals surface area contributed by atoms with Gasteiger partial charge in [0.25, 0.3) is 5.56 Å². The molecule has 0 spiro atoms. The van der Waals surface area contributed by atoms with Gasteiger partial charge in [-0.15, -0.1) is 0 Å². The van der Waals surface area contributed by atoms with Crippen LogP contribution in [0.5, 0.6) is 11.5 Å². The maximum Gasteiger partial charge on any atom is 0.264 e. The molecule has 0 atom stereocenters. The van der Waals surface area contributed by atoms with E-state index in [0.29, 0.717) is 41.0 Å². The molecule has 0 unspecified atom stereocenters. The maximum absolute atomic E-state index is 11.2. The summed E-state index contributed by atoms with van der Waals surface area (Å²) in [5, 5.41) is 13.3. The minimum absolute atomic E-state index is 0.284. The van der Waals surface area contributed by atoms with E-state index in [1.165, 1.54) is 6.07 Å². The largest absolute Gasteiger partial charge is 0.486 e. The standard InChI is InChI=1S/C14H11N5O3S/c20-12-4-2-9(15-16-12)13-17-18-14(23)19(13)8-1-3-10-11(7-8)22-6-5-21-10/h1-4,7H,5-6H2,(H,16,20)(H,18,23). The van der Waals surface area contributed by atoms with Gasteiger partial charge in [-0.25, -0.2) is 5.10 Å². The Bertz CT molecular complexity index is 970. The molecule has 0 radical (unpaired) electrons. The van der Waals surface area contributed by atoms with E-state index in [4.69, 9.17) is 21.7 Å². The van der Waals surface area contributed by atoms with Gasteiger partial charge in [-0.1, -0.05) is 0 Å². The molecule has 2 aromatic heterocycles. The van der Waals surface area contributed by atoms with E-state index in [1.807, 2.05) is 18.2 Å². The fraction of sp³-hybridized carbons (Fsp3) is 0.143. The van der Waals surface area contributed by atoms with Crippen molar-refractivity contribution in [2.45, 2.75) is 0 Å². The molecule has 0 fully saturated rings. The second-order valence-electron chi connectivity index (χ2n) is 4.82. The molecule has 3 heterocycles. The Labute approximate surface area is 134 Å². The van der Waals surface area contributed by atoms with E-state index >= 15 is 0 Å². The van der Waals surface area contributed by atoms with Crippen molar-refractivity contribution in [2.24, 2.45) is 0 Å². The zero-order valence-corrected chi connectivity index (χ0v) is 12.6. The number of nitrogens with one attached hydrogen (secondary N) is 2. The molecule has 23 heavy (non-hydrogen) atoms. The highest BCUT2D eigenvalue weighted by atomic mass is 32.1. The molecule has 1 aromatic carbocycles. The van der Waals surface area contributed by atoms with Gasteiger partial charge in [0.1, 0.15) is 18.9 Å². The van der Waals surface area contributed by atoms with Crippen molar-refractivity contribution in [1.29, 1.82) is 0 Å². The smallest absolute Gasteiger partial charge is 0.264 e. The van der Waals surface area contributed by atoms with Crippen LogP contribution in [0, 0.1) is 4.77 Å². The van der Waals surface area contributed by atoms with Crippen LogP contribution in [-0.2, 0) is 0 Å². The SMILES string of the molecule is O=c1ccc(-c2n[nH]c(=S)n2-c2ccc3c(c2)OCCO3)n[nH]1. The zero-order chi connectivity index (χ0) is 15.8. The number of nitrogens with zero attached hydrogens (tertiary/aromatic N) is 3. The highest BCUT2D eigenvalue weighted by Gasteiger charge is 2.16. The Morgan fingerprint density at radius 2 is 1.87 bits per heavy atom. The molecule has 116 valence electrons. The van der Waals surface area contributed by atoms with Crippen LogP contribution in [0.4, 0.5) is 0 Å². The zero-order valence-electron chi connectivity index (χ0n) is 11.8. The van der Waals surface area contributed by atoms with Crippen molar-refractivity contribution in [2.75, 3.05) is 13.2 Å². The Kier molecular flexibility index (Phi) is 3.19. The number of benzene rings is 1. The van der Waals surface area contributed by atoms with Crippen LogP contribution in [-0.4, -0.2) is 38.2 Å². The van der Waals surface area contributed by atoms with E-state index in [2.05, 4.69) is 20.4 Å². The lowest BCUT2D eigenvalue weighted by molar-refractivity contribution is 0.171. The monoisotopic (exact) mass is 329 g/mol. The molecule has 4 rings (SSSR count). The Morgan fingerprint density at radius 1 is 1.04 bits per heavy atom. The van der Waals surface area contributed by atoms with Gasteiger partial charge in [-0.2, -0.15) is 10.2 Å². The van der Waals surface area contributed by atoms with Gasteiger partial charge in [0.2, 0.25) is 0 Å². The van der Waals surface area contributed by atoms with E-state index in [1.54, 1.807) is 10.6 Å². The first-order chi connectivity index (χ1) is 11.2. The second kappa shape index (κ2) is 5.36. The molecular formula is C14H11N5O3S. The number of aromatic amines is 2. The van der Waals surface area contributed by atoms with Gasteiger partial charge in [-0.3, -0.25) is 14.5 Å². The molecule has 0 amide bonds. The average Bonchev–Trinajstić information content (AvgIpc) is 2.97. The van der Waals surface area contributed by atoms with Crippen molar-refractivity contribution >= 4 is 12.2 Å². The van der Waals surface area contributed by atoms with Crippen molar-refractivity contribution in [3.8, 4) is 28.7 Å². The predicted molar refractivity (Wildman–Crippen MR) is 83.6 cm³/mol. The lowest BCUT2D eigenvalue weighted by atomic mass is 10.2. The highest BCUT2D eigenvalue weighted by molar-refractivity contribution is 7.71. The van der Waals surface area contributed by atoms with Gasteiger partial charge < -0.3 is 9.47 Å². The first-order valence-corrected chi connectivity index (χ1v) is 7.27. The Hall–Kier alpha value is -2.94. The Morgan fingerprint density at radius 3 is 2.65 bits per heavy atom. The van der Waals surface area contributed by atoms with E-state index < -0.39 is 0 Å². The summed E-state index contributed by atoms with van der Waals surface area (Å²) in [5.74, 6) is 1.83. The van der Waals surface area contributed by atoms with Gasteiger partial charge in [-0.05, 0) is 30.4 Å². The maximum atomic E-state index is 11.2. The van der Waals surface area contributed by atoms with Crippen LogP contribution in [0.2, 0.25) is 0 Å². The average molecular weight is 329 g/mol. The van der Waals surface area contributed by atoms with Gasteiger partial charge in [0, 0.05) is 12.1 Å². The van der Waals surface area contributed by atoms with Gasteiger partial charge >= 0.3 is 0 Å². The first kappa shape index (κ1) is 13.7. The first-order valence-electron chi connectivity index (χ1n) is 6.86. The lowest BCUT2D eigenvalue weighted by Crippen LogP contribution is -2.15. The number of hydrogen-bond acceptors (Lipinski definition) is 6. The quantitative estimate of drug-likeness (QED) is 0.691. The molecule has 1 aliphatic heterocycles. The summed E-state index contributed by atoms with van der Waals surface area (Å²) < 4.78 is 13.2. The molecule has 0 saturated carbocycles. The van der Waals surface area contributed by atoms with Crippen LogP contribution in [0.25, 0.3) is 17.2 Å². The summed E-state index contributed by atoms with van der Waals surface area (Å²) >= 11 is 5.31. The topological polar surface area (TPSA) is 97.8 Å². The number of fused-ring (bicyclic) bond motifs is 1. The molecule has 0 bridgehead atoms. The minimum Gasteiger partial charge on any atom is -0.486 e. The molecular weight excluding hydrogens is 318 g/mol. The number of H-pyrrole nitrogens is 2. The van der Waals surface area contributed by atoms with Crippen molar-refractivity contribution < 1.29 is 9.47 Å². The van der Waals surface area contributed by atoms with Crippen LogP contribution in [0.3, 0.4) is 0 Å². The minimum atomic E-state index is -0.284. The molecule has 0 saturated heterocycles. The lowest BCUT2D eigenvalue weighted by Gasteiger charge is -2.19. The van der Waals surface area contributed by atoms with Gasteiger partial charge in [0.15, 0.2) is 22.1 Å². The molecule has 1 aliphatic rings. The third kappa shape index (κ3) is 2.40.